The van der Waals surface area contributed by atoms with Gasteiger partial charge in [0.25, 0.3) is 0 Å². The van der Waals surface area contributed by atoms with Crippen molar-refractivity contribution in [1.82, 2.24) is 10.1 Å². The molecule has 0 radical (unpaired) electrons. The SMILES string of the molecule is Cc1noc(NC(=O)[C@H]2C[C@@H]2C)n1. The van der Waals surface area contributed by atoms with E-state index in [4.69, 9.17) is 4.52 Å². The van der Waals surface area contributed by atoms with Crippen molar-refractivity contribution in [2.24, 2.45) is 11.8 Å². The topological polar surface area (TPSA) is 68.0 Å². The molecule has 5 nitrogen and oxygen atoms in total. The molecule has 1 amide bonds. The van der Waals surface area contributed by atoms with Crippen molar-refractivity contribution in [3.05, 3.63) is 5.82 Å². The van der Waals surface area contributed by atoms with Gasteiger partial charge in [0.05, 0.1) is 0 Å². The Balaban J connectivity index is 1.95. The normalized spacial score (nSPS) is 25.7. The van der Waals surface area contributed by atoms with Crippen LogP contribution >= 0.6 is 0 Å². The minimum Gasteiger partial charge on any atom is -0.315 e. The maximum atomic E-state index is 11.4. The first-order valence-electron chi connectivity index (χ1n) is 4.28. The molecule has 13 heavy (non-hydrogen) atoms. The van der Waals surface area contributed by atoms with Crippen molar-refractivity contribution in [1.29, 1.82) is 0 Å². The van der Waals surface area contributed by atoms with E-state index in [1.165, 1.54) is 0 Å². The number of aryl methyl sites for hydroxylation is 1. The third-order valence-electron chi connectivity index (χ3n) is 2.20. The Hall–Kier alpha value is -1.39. The van der Waals surface area contributed by atoms with E-state index < -0.39 is 0 Å². The van der Waals surface area contributed by atoms with Gasteiger partial charge >= 0.3 is 6.01 Å². The lowest BCUT2D eigenvalue weighted by molar-refractivity contribution is -0.117. The molecule has 5 heteroatoms. The van der Waals surface area contributed by atoms with Gasteiger partial charge in [0, 0.05) is 5.92 Å². The first kappa shape index (κ1) is 8.22. The molecule has 1 heterocycles. The predicted molar refractivity (Wildman–Crippen MR) is 44.9 cm³/mol. The Morgan fingerprint density at radius 2 is 2.38 bits per heavy atom. The standard InChI is InChI=1S/C8H11N3O2/c1-4-3-6(4)7(12)10-8-9-5(2)11-13-8/h4,6H,3H2,1-2H3,(H,9,10,11,12)/t4-,6-/m0/s1. The summed E-state index contributed by atoms with van der Waals surface area (Å²) in [5.74, 6) is 1.13. The van der Waals surface area contributed by atoms with E-state index in [-0.39, 0.29) is 17.8 Å². The average Bonchev–Trinajstić information content (AvgIpc) is 2.66. The van der Waals surface area contributed by atoms with Crippen LogP contribution in [0.2, 0.25) is 0 Å². The average molecular weight is 181 g/mol. The lowest BCUT2D eigenvalue weighted by Gasteiger charge is -1.95. The zero-order valence-corrected chi connectivity index (χ0v) is 7.57. The van der Waals surface area contributed by atoms with Crippen molar-refractivity contribution in [2.75, 3.05) is 5.32 Å². The van der Waals surface area contributed by atoms with Crippen molar-refractivity contribution in [2.45, 2.75) is 20.3 Å². The van der Waals surface area contributed by atoms with Crippen LogP contribution in [0.1, 0.15) is 19.2 Å². The number of hydrogen-bond donors (Lipinski definition) is 1. The lowest BCUT2D eigenvalue weighted by atomic mass is 10.3. The Morgan fingerprint density at radius 1 is 1.69 bits per heavy atom. The fourth-order valence-corrected chi connectivity index (χ4v) is 1.23. The van der Waals surface area contributed by atoms with E-state index in [0.717, 1.165) is 6.42 Å². The zero-order chi connectivity index (χ0) is 9.42. The third-order valence-corrected chi connectivity index (χ3v) is 2.20. The Labute approximate surface area is 75.5 Å². The molecule has 1 aliphatic carbocycles. The number of carbonyl (C=O) groups is 1. The fourth-order valence-electron chi connectivity index (χ4n) is 1.23. The van der Waals surface area contributed by atoms with E-state index in [0.29, 0.717) is 11.7 Å². The van der Waals surface area contributed by atoms with Gasteiger partial charge in [-0.25, -0.2) is 0 Å². The smallest absolute Gasteiger partial charge is 0.315 e. The van der Waals surface area contributed by atoms with Gasteiger partial charge in [0.1, 0.15) is 0 Å². The van der Waals surface area contributed by atoms with Crippen molar-refractivity contribution in [3.63, 3.8) is 0 Å². The second kappa shape index (κ2) is 2.83. The molecule has 1 saturated carbocycles. The molecule has 1 fully saturated rings. The Morgan fingerprint density at radius 3 is 2.85 bits per heavy atom. The van der Waals surface area contributed by atoms with Gasteiger partial charge in [-0.05, 0) is 19.3 Å². The molecule has 1 aliphatic rings. The quantitative estimate of drug-likeness (QED) is 0.738. The largest absolute Gasteiger partial charge is 0.328 e. The number of carbonyl (C=O) groups excluding carboxylic acids is 1. The molecule has 1 N–H and O–H groups in total. The summed E-state index contributed by atoms with van der Waals surface area (Å²) in [5.41, 5.74) is 0. The highest BCUT2D eigenvalue weighted by Gasteiger charge is 2.39. The van der Waals surface area contributed by atoms with Gasteiger partial charge in [-0.1, -0.05) is 12.1 Å². The summed E-state index contributed by atoms with van der Waals surface area (Å²) in [7, 11) is 0. The zero-order valence-electron chi connectivity index (χ0n) is 7.57. The molecular weight excluding hydrogens is 170 g/mol. The number of anilines is 1. The number of nitrogens with zero attached hydrogens (tertiary/aromatic N) is 2. The first-order chi connectivity index (χ1) is 6.16. The van der Waals surface area contributed by atoms with Gasteiger partial charge in [0.15, 0.2) is 5.82 Å². The maximum absolute atomic E-state index is 11.4. The van der Waals surface area contributed by atoms with Crippen LogP contribution in [0.25, 0.3) is 0 Å². The van der Waals surface area contributed by atoms with E-state index >= 15 is 0 Å². The molecule has 0 saturated heterocycles. The molecule has 2 rings (SSSR count). The van der Waals surface area contributed by atoms with E-state index in [9.17, 15) is 4.79 Å². The number of rotatable bonds is 2. The molecule has 70 valence electrons. The number of nitrogens with one attached hydrogen (secondary N) is 1. The van der Waals surface area contributed by atoms with Crippen LogP contribution in [0.5, 0.6) is 0 Å². The molecule has 0 unspecified atom stereocenters. The highest BCUT2D eigenvalue weighted by molar-refractivity contribution is 5.92. The summed E-state index contributed by atoms with van der Waals surface area (Å²) in [6.45, 7) is 3.75. The molecule has 0 aromatic carbocycles. The van der Waals surface area contributed by atoms with Crippen molar-refractivity contribution >= 4 is 11.9 Å². The summed E-state index contributed by atoms with van der Waals surface area (Å²) >= 11 is 0. The second-order valence-corrected chi connectivity index (χ2v) is 3.46. The molecule has 1 aromatic heterocycles. The summed E-state index contributed by atoms with van der Waals surface area (Å²) in [4.78, 5) is 15.2. The predicted octanol–water partition coefficient (Wildman–Crippen LogP) is 0.973. The molecule has 2 atom stereocenters. The summed E-state index contributed by atoms with van der Waals surface area (Å²) in [5, 5.41) is 6.14. The van der Waals surface area contributed by atoms with Crippen LogP contribution in [0, 0.1) is 18.8 Å². The van der Waals surface area contributed by atoms with Gasteiger partial charge in [-0.2, -0.15) is 4.98 Å². The van der Waals surface area contributed by atoms with E-state index in [1.54, 1.807) is 6.92 Å². The van der Waals surface area contributed by atoms with Crippen LogP contribution < -0.4 is 5.32 Å². The monoisotopic (exact) mass is 181 g/mol. The van der Waals surface area contributed by atoms with Gasteiger partial charge < -0.3 is 4.52 Å². The first-order valence-corrected chi connectivity index (χ1v) is 4.28. The van der Waals surface area contributed by atoms with Crippen molar-refractivity contribution in [3.8, 4) is 0 Å². The fraction of sp³-hybridized carbons (Fsp3) is 0.625. The summed E-state index contributed by atoms with van der Waals surface area (Å²) in [6, 6.07) is 0.196. The number of amides is 1. The van der Waals surface area contributed by atoms with Crippen LogP contribution in [0.15, 0.2) is 4.52 Å². The van der Waals surface area contributed by atoms with E-state index in [2.05, 4.69) is 15.5 Å². The highest BCUT2D eigenvalue weighted by atomic mass is 16.5. The number of aromatic nitrogens is 2. The number of hydrogen-bond acceptors (Lipinski definition) is 4. The van der Waals surface area contributed by atoms with Gasteiger partial charge in [-0.15, -0.1) is 0 Å². The molecular formula is C8H11N3O2. The molecule has 0 bridgehead atoms. The van der Waals surface area contributed by atoms with Gasteiger partial charge in [0.2, 0.25) is 5.91 Å². The van der Waals surface area contributed by atoms with Crippen LogP contribution in [0.4, 0.5) is 6.01 Å². The van der Waals surface area contributed by atoms with Gasteiger partial charge in [-0.3, -0.25) is 10.1 Å². The Bertz CT molecular complexity index is 334. The summed E-state index contributed by atoms with van der Waals surface area (Å²) in [6.07, 6.45) is 0.957. The molecule has 0 spiro atoms. The Kier molecular flexibility index (Phi) is 1.79. The van der Waals surface area contributed by atoms with Crippen LogP contribution in [-0.4, -0.2) is 16.0 Å². The van der Waals surface area contributed by atoms with Crippen LogP contribution in [-0.2, 0) is 4.79 Å². The summed E-state index contributed by atoms with van der Waals surface area (Å²) < 4.78 is 4.76. The molecule has 0 aliphatic heterocycles. The third kappa shape index (κ3) is 1.68. The minimum absolute atomic E-state index is 0.0175. The van der Waals surface area contributed by atoms with Crippen molar-refractivity contribution < 1.29 is 9.32 Å². The minimum atomic E-state index is -0.0175. The maximum Gasteiger partial charge on any atom is 0.328 e. The highest BCUT2D eigenvalue weighted by Crippen LogP contribution is 2.38. The van der Waals surface area contributed by atoms with Crippen LogP contribution in [0.3, 0.4) is 0 Å². The second-order valence-electron chi connectivity index (χ2n) is 3.46. The lowest BCUT2D eigenvalue weighted by Crippen LogP contribution is -2.14. The van der Waals surface area contributed by atoms with E-state index in [1.807, 2.05) is 6.92 Å². The molecule has 1 aromatic rings.